The number of carboxylic acids is 1. The first kappa shape index (κ1) is 21.2. The van der Waals surface area contributed by atoms with Gasteiger partial charge in [0.2, 0.25) is 0 Å². The average Bonchev–Trinajstić information content (AvgIpc) is 2.62. The van der Waals surface area contributed by atoms with Crippen molar-refractivity contribution >= 4 is 39.0 Å². The molecule has 0 fully saturated rings. The van der Waals surface area contributed by atoms with E-state index in [1.165, 1.54) is 36.4 Å². The highest BCUT2D eigenvalue weighted by Gasteiger charge is 2.18. The quantitative estimate of drug-likeness (QED) is 0.521. The maximum atomic E-state index is 12.6. The van der Waals surface area contributed by atoms with Gasteiger partial charge in [-0.2, -0.15) is 0 Å². The van der Waals surface area contributed by atoms with Crippen LogP contribution < -0.4 is 4.74 Å². The van der Waals surface area contributed by atoms with Crippen molar-refractivity contribution in [3.63, 3.8) is 0 Å². The van der Waals surface area contributed by atoms with E-state index in [1.54, 1.807) is 24.3 Å². The number of benzene rings is 3. The van der Waals surface area contributed by atoms with Crippen LogP contribution in [0.1, 0.15) is 11.1 Å². The molecule has 3 aromatic carbocycles. The minimum absolute atomic E-state index is 0.0800. The van der Waals surface area contributed by atoms with E-state index in [1.807, 2.05) is 6.07 Å². The Hall–Kier alpha value is -2.54. The van der Waals surface area contributed by atoms with Gasteiger partial charge in [-0.3, -0.25) is 4.79 Å². The summed E-state index contributed by atoms with van der Waals surface area (Å²) in [6.45, 7) is 0. The van der Waals surface area contributed by atoms with E-state index in [9.17, 15) is 13.2 Å². The molecule has 0 amide bonds. The van der Waals surface area contributed by atoms with Gasteiger partial charge in [-0.05, 0) is 47.5 Å². The predicted molar refractivity (Wildman–Crippen MR) is 112 cm³/mol. The van der Waals surface area contributed by atoms with E-state index in [4.69, 9.17) is 33.0 Å². The highest BCUT2D eigenvalue weighted by molar-refractivity contribution is 7.90. The molecular formula is C21H16Cl2O5S. The van der Waals surface area contributed by atoms with Crippen LogP contribution in [0.25, 0.3) is 0 Å². The summed E-state index contributed by atoms with van der Waals surface area (Å²) in [6, 6.07) is 17.6. The lowest BCUT2D eigenvalue weighted by Crippen LogP contribution is -2.05. The Kier molecular flexibility index (Phi) is 6.47. The van der Waals surface area contributed by atoms with E-state index in [2.05, 4.69) is 0 Å². The summed E-state index contributed by atoms with van der Waals surface area (Å²) in [6.07, 6.45) is -0.207. The molecule has 0 bridgehead atoms. The smallest absolute Gasteiger partial charge is 0.307 e. The Morgan fingerprint density at radius 1 is 0.931 bits per heavy atom. The van der Waals surface area contributed by atoms with Crippen LogP contribution in [0, 0.1) is 0 Å². The molecule has 0 aliphatic carbocycles. The molecule has 0 saturated carbocycles. The van der Waals surface area contributed by atoms with Gasteiger partial charge in [-0.15, -0.1) is 0 Å². The number of carbonyl (C=O) groups is 1. The van der Waals surface area contributed by atoms with Gasteiger partial charge < -0.3 is 9.84 Å². The van der Waals surface area contributed by atoms with Crippen LogP contribution in [-0.4, -0.2) is 19.5 Å². The zero-order chi connectivity index (χ0) is 21.0. The van der Waals surface area contributed by atoms with Crippen LogP contribution in [0.3, 0.4) is 0 Å². The van der Waals surface area contributed by atoms with Crippen molar-refractivity contribution in [1.29, 1.82) is 0 Å². The molecule has 0 spiro atoms. The number of ether oxygens (including phenoxy) is 1. The molecule has 0 aliphatic rings. The largest absolute Gasteiger partial charge is 0.481 e. The standard InChI is InChI=1S/C21H16Cl2O5S/c22-16-8-15(10-21(24)25)9-17(11-16)28-20-7-6-18(12-19(20)23)29(26,27)13-14-4-2-1-3-5-14/h1-9,11-12H,10,13H2,(H,24,25). The Balaban J connectivity index is 1.83. The van der Waals surface area contributed by atoms with Crippen LogP contribution in [0.2, 0.25) is 10.0 Å². The van der Waals surface area contributed by atoms with Crippen molar-refractivity contribution in [2.75, 3.05) is 0 Å². The third-order valence-corrected chi connectivity index (χ3v) is 6.18. The van der Waals surface area contributed by atoms with Gasteiger partial charge >= 0.3 is 5.97 Å². The minimum Gasteiger partial charge on any atom is -0.481 e. The first-order valence-corrected chi connectivity index (χ1v) is 10.9. The summed E-state index contributed by atoms with van der Waals surface area (Å²) in [5.74, 6) is -0.606. The fourth-order valence-electron chi connectivity index (χ4n) is 2.72. The van der Waals surface area contributed by atoms with Crippen molar-refractivity contribution in [3.8, 4) is 11.5 Å². The Bertz CT molecular complexity index is 1140. The molecule has 0 atom stereocenters. The third-order valence-electron chi connectivity index (χ3n) is 3.98. The lowest BCUT2D eigenvalue weighted by Gasteiger charge is -2.11. The Labute approximate surface area is 178 Å². The fraction of sp³-hybridized carbons (Fsp3) is 0.0952. The van der Waals surface area contributed by atoms with Crippen LogP contribution in [0.15, 0.2) is 71.6 Å². The lowest BCUT2D eigenvalue weighted by molar-refractivity contribution is -0.136. The Morgan fingerprint density at radius 3 is 2.31 bits per heavy atom. The maximum Gasteiger partial charge on any atom is 0.307 e. The molecule has 150 valence electrons. The van der Waals surface area contributed by atoms with E-state index in [0.29, 0.717) is 21.9 Å². The summed E-state index contributed by atoms with van der Waals surface area (Å²) < 4.78 is 31.0. The number of aliphatic carboxylic acids is 1. The van der Waals surface area contributed by atoms with Gasteiger partial charge in [0.15, 0.2) is 9.84 Å². The monoisotopic (exact) mass is 450 g/mol. The Morgan fingerprint density at radius 2 is 1.66 bits per heavy atom. The van der Waals surface area contributed by atoms with Gasteiger partial charge in [0, 0.05) is 5.02 Å². The summed E-state index contributed by atoms with van der Waals surface area (Å²) in [5, 5.41) is 9.36. The zero-order valence-corrected chi connectivity index (χ0v) is 17.3. The second kappa shape index (κ2) is 8.86. The number of halogens is 2. The molecule has 8 heteroatoms. The van der Waals surface area contributed by atoms with Gasteiger partial charge in [0.1, 0.15) is 11.5 Å². The summed E-state index contributed by atoms with van der Waals surface area (Å²) in [7, 11) is -3.58. The first-order valence-electron chi connectivity index (χ1n) is 8.48. The molecule has 0 saturated heterocycles. The topological polar surface area (TPSA) is 80.7 Å². The molecule has 0 aromatic heterocycles. The minimum atomic E-state index is -3.58. The zero-order valence-electron chi connectivity index (χ0n) is 15.0. The van der Waals surface area contributed by atoms with Crippen molar-refractivity contribution < 1.29 is 23.1 Å². The van der Waals surface area contributed by atoms with Gasteiger partial charge in [-0.1, -0.05) is 53.5 Å². The second-order valence-corrected chi connectivity index (χ2v) is 9.14. The molecule has 0 heterocycles. The number of rotatable bonds is 7. The average molecular weight is 451 g/mol. The van der Waals surface area contributed by atoms with Gasteiger partial charge in [-0.25, -0.2) is 8.42 Å². The SMILES string of the molecule is O=C(O)Cc1cc(Cl)cc(Oc2ccc(S(=O)(=O)Cc3ccccc3)cc2Cl)c1. The van der Waals surface area contributed by atoms with E-state index in [0.717, 1.165) is 0 Å². The molecule has 5 nitrogen and oxygen atoms in total. The maximum absolute atomic E-state index is 12.6. The molecular weight excluding hydrogens is 435 g/mol. The molecule has 3 rings (SSSR count). The summed E-state index contributed by atoms with van der Waals surface area (Å²) in [4.78, 5) is 11.0. The molecule has 0 aliphatic heterocycles. The van der Waals surface area contributed by atoms with E-state index >= 15 is 0 Å². The first-order chi connectivity index (χ1) is 13.7. The van der Waals surface area contributed by atoms with Crippen molar-refractivity contribution in [2.45, 2.75) is 17.1 Å². The molecule has 0 unspecified atom stereocenters. The van der Waals surface area contributed by atoms with Gasteiger partial charge in [0.25, 0.3) is 0 Å². The molecule has 1 N–H and O–H groups in total. The molecule has 0 radical (unpaired) electrons. The second-order valence-electron chi connectivity index (χ2n) is 6.30. The predicted octanol–water partition coefficient (Wildman–Crippen LogP) is 5.39. The van der Waals surface area contributed by atoms with E-state index in [-0.39, 0.29) is 27.8 Å². The highest BCUT2D eigenvalue weighted by atomic mass is 35.5. The van der Waals surface area contributed by atoms with Crippen LogP contribution in [-0.2, 0) is 26.8 Å². The van der Waals surface area contributed by atoms with Gasteiger partial charge in [0.05, 0.1) is 22.1 Å². The number of sulfone groups is 1. The molecule has 29 heavy (non-hydrogen) atoms. The van der Waals surface area contributed by atoms with Crippen molar-refractivity contribution in [1.82, 2.24) is 0 Å². The summed E-state index contributed by atoms with van der Waals surface area (Å²) >= 11 is 12.3. The number of carboxylic acid groups (broad SMARTS) is 1. The van der Waals surface area contributed by atoms with Crippen LogP contribution >= 0.6 is 23.2 Å². The van der Waals surface area contributed by atoms with Crippen molar-refractivity contribution in [2.24, 2.45) is 0 Å². The lowest BCUT2D eigenvalue weighted by atomic mass is 10.1. The fourth-order valence-corrected chi connectivity index (χ4v) is 4.62. The van der Waals surface area contributed by atoms with Crippen molar-refractivity contribution in [3.05, 3.63) is 87.9 Å². The van der Waals surface area contributed by atoms with Crippen LogP contribution in [0.4, 0.5) is 0 Å². The summed E-state index contributed by atoms with van der Waals surface area (Å²) in [5.41, 5.74) is 1.15. The number of hydrogen-bond donors (Lipinski definition) is 1. The third kappa shape index (κ3) is 5.73. The highest BCUT2D eigenvalue weighted by Crippen LogP contribution is 2.33. The van der Waals surface area contributed by atoms with E-state index < -0.39 is 15.8 Å². The normalized spacial score (nSPS) is 11.2. The van der Waals surface area contributed by atoms with Crippen LogP contribution in [0.5, 0.6) is 11.5 Å². The number of hydrogen-bond acceptors (Lipinski definition) is 4. The molecule has 3 aromatic rings.